The molecule has 1 aromatic carbocycles. The number of nitrogens with one attached hydrogen (secondary N) is 1. The number of aliphatic hydroxyl groups excluding tert-OH is 1. The number of aryl methyl sites for hydroxylation is 1. The fourth-order valence-corrected chi connectivity index (χ4v) is 1.54. The van der Waals surface area contributed by atoms with E-state index in [1.54, 1.807) is 20.9 Å². The van der Waals surface area contributed by atoms with Crippen LogP contribution in [0.4, 0.5) is 0 Å². The van der Waals surface area contributed by atoms with E-state index in [0.717, 1.165) is 5.56 Å². The van der Waals surface area contributed by atoms with Crippen molar-refractivity contribution in [1.29, 1.82) is 0 Å². The molecular weight excluding hydrogens is 218 g/mol. The van der Waals surface area contributed by atoms with Gasteiger partial charge in [0.05, 0.1) is 6.10 Å². The zero-order valence-electron chi connectivity index (χ0n) is 10.7. The van der Waals surface area contributed by atoms with Gasteiger partial charge in [-0.3, -0.25) is 4.79 Å². The zero-order chi connectivity index (χ0) is 13.0. The summed E-state index contributed by atoms with van der Waals surface area (Å²) >= 11 is 0. The third-order valence-corrected chi connectivity index (χ3v) is 2.54. The predicted octanol–water partition coefficient (Wildman–Crippen LogP) is 1.56. The number of carbonyl (C=O) groups is 1. The molecule has 0 fully saturated rings. The monoisotopic (exact) mass is 237 g/mol. The second kappa shape index (κ2) is 5.68. The molecule has 4 heteroatoms. The Morgan fingerprint density at radius 3 is 2.59 bits per heavy atom. The van der Waals surface area contributed by atoms with E-state index in [4.69, 9.17) is 4.74 Å². The first-order valence-electron chi connectivity index (χ1n) is 5.62. The van der Waals surface area contributed by atoms with Gasteiger partial charge in [-0.1, -0.05) is 12.1 Å². The predicted molar refractivity (Wildman–Crippen MR) is 66.0 cm³/mol. The number of hydrogen-bond donors (Lipinski definition) is 2. The van der Waals surface area contributed by atoms with Crippen molar-refractivity contribution in [3.63, 3.8) is 0 Å². The average Bonchev–Trinajstić information content (AvgIpc) is 2.27. The smallest absolute Gasteiger partial charge is 0.260 e. The molecule has 0 bridgehead atoms. The fourth-order valence-electron chi connectivity index (χ4n) is 1.54. The molecule has 94 valence electrons. The number of aliphatic hydroxyl groups is 1. The average molecular weight is 237 g/mol. The molecule has 1 amide bonds. The van der Waals surface area contributed by atoms with Gasteiger partial charge < -0.3 is 15.2 Å². The number of rotatable bonds is 4. The van der Waals surface area contributed by atoms with Crippen LogP contribution in [0.15, 0.2) is 18.2 Å². The number of hydrogen-bond acceptors (Lipinski definition) is 3. The van der Waals surface area contributed by atoms with Gasteiger partial charge in [0.1, 0.15) is 5.75 Å². The van der Waals surface area contributed by atoms with Crippen molar-refractivity contribution in [2.75, 3.05) is 7.05 Å². The quantitative estimate of drug-likeness (QED) is 0.835. The Morgan fingerprint density at radius 1 is 1.41 bits per heavy atom. The van der Waals surface area contributed by atoms with Gasteiger partial charge in [0.2, 0.25) is 0 Å². The number of ether oxygens (including phenoxy) is 1. The SMILES string of the molecule is CNC(=O)C(C)Oc1cc(C)ccc1[C@H](C)O. The van der Waals surface area contributed by atoms with E-state index in [1.807, 2.05) is 25.1 Å². The van der Waals surface area contributed by atoms with Crippen molar-refractivity contribution in [1.82, 2.24) is 5.32 Å². The highest BCUT2D eigenvalue weighted by Gasteiger charge is 2.16. The molecule has 0 radical (unpaired) electrons. The molecule has 0 spiro atoms. The fraction of sp³-hybridized carbons (Fsp3) is 0.462. The van der Waals surface area contributed by atoms with Gasteiger partial charge in [-0.05, 0) is 32.4 Å². The van der Waals surface area contributed by atoms with Crippen LogP contribution >= 0.6 is 0 Å². The highest BCUT2D eigenvalue weighted by atomic mass is 16.5. The topological polar surface area (TPSA) is 58.6 Å². The van der Waals surface area contributed by atoms with E-state index in [9.17, 15) is 9.90 Å². The molecule has 2 N–H and O–H groups in total. The first-order chi connectivity index (χ1) is 7.95. The summed E-state index contributed by atoms with van der Waals surface area (Å²) in [5, 5.41) is 12.1. The Labute approximate surface area is 102 Å². The Hall–Kier alpha value is -1.55. The molecule has 0 aliphatic heterocycles. The Kier molecular flexibility index (Phi) is 4.52. The van der Waals surface area contributed by atoms with Crippen molar-refractivity contribution in [2.24, 2.45) is 0 Å². The number of carbonyl (C=O) groups excluding carboxylic acids is 1. The van der Waals surface area contributed by atoms with E-state index in [1.165, 1.54) is 0 Å². The lowest BCUT2D eigenvalue weighted by atomic mass is 10.1. The normalized spacial score (nSPS) is 13.9. The highest BCUT2D eigenvalue weighted by Crippen LogP contribution is 2.27. The van der Waals surface area contributed by atoms with Gasteiger partial charge in [0, 0.05) is 12.6 Å². The number of benzene rings is 1. The molecule has 17 heavy (non-hydrogen) atoms. The number of amides is 1. The van der Waals surface area contributed by atoms with Gasteiger partial charge >= 0.3 is 0 Å². The molecule has 0 aliphatic carbocycles. The largest absolute Gasteiger partial charge is 0.481 e. The van der Waals surface area contributed by atoms with Crippen LogP contribution in [0.5, 0.6) is 5.75 Å². The summed E-state index contributed by atoms with van der Waals surface area (Å²) in [6.07, 6.45) is -1.21. The molecule has 0 saturated carbocycles. The minimum absolute atomic E-state index is 0.192. The summed E-state index contributed by atoms with van der Waals surface area (Å²) in [6.45, 7) is 5.28. The number of likely N-dealkylation sites (N-methyl/N-ethyl adjacent to an activating group) is 1. The Morgan fingerprint density at radius 2 is 2.06 bits per heavy atom. The molecule has 1 unspecified atom stereocenters. The van der Waals surface area contributed by atoms with Crippen LogP contribution in [-0.4, -0.2) is 24.2 Å². The summed E-state index contributed by atoms with van der Waals surface area (Å²) in [5.74, 6) is 0.360. The molecular formula is C13H19NO3. The molecule has 2 atom stereocenters. The standard InChI is InChI=1S/C13H19NO3/c1-8-5-6-11(9(2)15)12(7-8)17-10(3)13(16)14-4/h5-7,9-10,15H,1-4H3,(H,14,16)/t9-,10?/m0/s1. The molecule has 1 aromatic rings. The lowest BCUT2D eigenvalue weighted by Crippen LogP contribution is -2.34. The third-order valence-electron chi connectivity index (χ3n) is 2.54. The van der Waals surface area contributed by atoms with Crippen molar-refractivity contribution >= 4 is 5.91 Å². The third kappa shape index (κ3) is 3.46. The maximum Gasteiger partial charge on any atom is 0.260 e. The van der Waals surface area contributed by atoms with E-state index in [2.05, 4.69) is 5.32 Å². The van der Waals surface area contributed by atoms with Gasteiger partial charge in [0.15, 0.2) is 6.10 Å². The minimum atomic E-state index is -0.623. The van der Waals surface area contributed by atoms with Gasteiger partial charge in [-0.25, -0.2) is 0 Å². The lowest BCUT2D eigenvalue weighted by molar-refractivity contribution is -0.126. The Bertz CT molecular complexity index is 402. The van der Waals surface area contributed by atoms with Crippen molar-refractivity contribution in [3.8, 4) is 5.75 Å². The molecule has 0 aromatic heterocycles. The van der Waals surface area contributed by atoms with Gasteiger partial charge in [-0.15, -0.1) is 0 Å². The van der Waals surface area contributed by atoms with E-state index in [-0.39, 0.29) is 5.91 Å². The van der Waals surface area contributed by atoms with Crippen LogP contribution < -0.4 is 10.1 Å². The second-order valence-electron chi connectivity index (χ2n) is 4.09. The maximum absolute atomic E-state index is 11.4. The summed E-state index contributed by atoms with van der Waals surface area (Å²) in [7, 11) is 1.56. The second-order valence-corrected chi connectivity index (χ2v) is 4.09. The summed E-state index contributed by atoms with van der Waals surface area (Å²) in [6, 6.07) is 5.53. The van der Waals surface area contributed by atoms with Crippen LogP contribution in [-0.2, 0) is 4.79 Å². The van der Waals surface area contributed by atoms with Crippen LogP contribution in [0.2, 0.25) is 0 Å². The molecule has 4 nitrogen and oxygen atoms in total. The summed E-state index contributed by atoms with van der Waals surface area (Å²) in [5.41, 5.74) is 1.71. The van der Waals surface area contributed by atoms with E-state index < -0.39 is 12.2 Å². The van der Waals surface area contributed by atoms with Crippen LogP contribution in [0, 0.1) is 6.92 Å². The van der Waals surface area contributed by atoms with E-state index >= 15 is 0 Å². The molecule has 1 rings (SSSR count). The van der Waals surface area contributed by atoms with Crippen molar-refractivity contribution in [2.45, 2.75) is 33.0 Å². The van der Waals surface area contributed by atoms with Crippen LogP contribution in [0.3, 0.4) is 0 Å². The van der Waals surface area contributed by atoms with Crippen molar-refractivity contribution < 1.29 is 14.6 Å². The van der Waals surface area contributed by atoms with Gasteiger partial charge in [-0.2, -0.15) is 0 Å². The summed E-state index contributed by atoms with van der Waals surface area (Å²) in [4.78, 5) is 11.4. The van der Waals surface area contributed by atoms with Crippen LogP contribution in [0.1, 0.15) is 31.1 Å². The molecule has 0 saturated heterocycles. The zero-order valence-corrected chi connectivity index (χ0v) is 10.7. The first-order valence-corrected chi connectivity index (χ1v) is 5.62. The van der Waals surface area contributed by atoms with Crippen LogP contribution in [0.25, 0.3) is 0 Å². The molecule has 0 heterocycles. The van der Waals surface area contributed by atoms with E-state index in [0.29, 0.717) is 11.3 Å². The Balaban J connectivity index is 2.96. The highest BCUT2D eigenvalue weighted by molar-refractivity contribution is 5.80. The van der Waals surface area contributed by atoms with Gasteiger partial charge in [0.25, 0.3) is 5.91 Å². The lowest BCUT2D eigenvalue weighted by Gasteiger charge is -2.18. The maximum atomic E-state index is 11.4. The molecule has 0 aliphatic rings. The van der Waals surface area contributed by atoms with Crippen molar-refractivity contribution in [3.05, 3.63) is 29.3 Å². The summed E-state index contributed by atoms with van der Waals surface area (Å²) < 4.78 is 5.57. The first kappa shape index (κ1) is 13.5. The minimum Gasteiger partial charge on any atom is -0.481 e.